The molecule has 0 saturated carbocycles. The van der Waals surface area contributed by atoms with Gasteiger partial charge in [-0.2, -0.15) is 0 Å². The summed E-state index contributed by atoms with van der Waals surface area (Å²) in [6.45, 7) is 6.84. The van der Waals surface area contributed by atoms with Crippen molar-refractivity contribution in [3.8, 4) is 5.75 Å². The number of hydrogen-bond acceptors (Lipinski definition) is 6. The molecule has 1 aromatic carbocycles. The number of para-hydroxylation sites is 2. The number of guanidine groups is 1. The SMILES string of the molecule is CN=C(NCc1ccc(N2CCN(C)CC2)nc1)NC1CCN(c2ccccc2OC)C1. The first-order chi connectivity index (χ1) is 15.7. The summed E-state index contributed by atoms with van der Waals surface area (Å²) in [5.74, 6) is 2.80. The number of methoxy groups -OCH3 is 1. The van der Waals surface area contributed by atoms with E-state index < -0.39 is 0 Å². The predicted octanol–water partition coefficient (Wildman–Crippen LogP) is 1.79. The Bertz CT molecular complexity index is 893. The molecule has 0 spiro atoms. The molecule has 2 aliphatic heterocycles. The standard InChI is InChI=1S/C24H35N7O/c1-25-24(28-20-10-11-31(18-20)21-6-4-5-7-22(21)32-3)27-17-19-8-9-23(26-16-19)30-14-12-29(2)13-15-30/h4-9,16,20H,10-15,17-18H2,1-3H3,(H2,25,27,28). The first-order valence-electron chi connectivity index (χ1n) is 11.4. The molecule has 0 radical (unpaired) electrons. The van der Waals surface area contributed by atoms with Gasteiger partial charge in [0.1, 0.15) is 11.6 Å². The van der Waals surface area contributed by atoms with Crippen molar-refractivity contribution in [3.63, 3.8) is 0 Å². The Morgan fingerprint density at radius 1 is 1.09 bits per heavy atom. The van der Waals surface area contributed by atoms with E-state index in [9.17, 15) is 0 Å². The average molecular weight is 438 g/mol. The van der Waals surface area contributed by atoms with Gasteiger partial charge < -0.3 is 30.1 Å². The van der Waals surface area contributed by atoms with E-state index in [2.05, 4.69) is 66.6 Å². The van der Waals surface area contributed by atoms with E-state index in [4.69, 9.17) is 4.74 Å². The highest BCUT2D eigenvalue weighted by Gasteiger charge is 2.25. The average Bonchev–Trinajstić information content (AvgIpc) is 3.31. The maximum absolute atomic E-state index is 5.53. The minimum Gasteiger partial charge on any atom is -0.495 e. The molecule has 1 aromatic heterocycles. The van der Waals surface area contributed by atoms with Crippen molar-refractivity contribution in [1.29, 1.82) is 0 Å². The van der Waals surface area contributed by atoms with Crippen LogP contribution in [0.5, 0.6) is 5.75 Å². The maximum Gasteiger partial charge on any atom is 0.191 e. The second-order valence-corrected chi connectivity index (χ2v) is 8.49. The quantitative estimate of drug-likeness (QED) is 0.527. The van der Waals surface area contributed by atoms with Gasteiger partial charge in [0, 0.05) is 65.1 Å². The molecule has 3 heterocycles. The molecule has 4 rings (SSSR count). The van der Waals surface area contributed by atoms with Crippen LogP contribution in [0.4, 0.5) is 11.5 Å². The minimum absolute atomic E-state index is 0.337. The Balaban J connectivity index is 1.26. The van der Waals surface area contributed by atoms with Crippen LogP contribution in [0.25, 0.3) is 0 Å². The lowest BCUT2D eigenvalue weighted by Crippen LogP contribution is -2.45. The van der Waals surface area contributed by atoms with Crippen molar-refractivity contribution >= 4 is 17.5 Å². The summed E-state index contributed by atoms with van der Waals surface area (Å²) in [5, 5.41) is 6.99. The fourth-order valence-corrected chi connectivity index (χ4v) is 4.31. The Morgan fingerprint density at radius 2 is 1.91 bits per heavy atom. The largest absolute Gasteiger partial charge is 0.495 e. The lowest BCUT2D eigenvalue weighted by Gasteiger charge is -2.33. The highest BCUT2D eigenvalue weighted by molar-refractivity contribution is 5.80. The Morgan fingerprint density at radius 3 is 2.62 bits per heavy atom. The molecule has 32 heavy (non-hydrogen) atoms. The molecule has 0 bridgehead atoms. The van der Waals surface area contributed by atoms with Crippen LogP contribution < -0.4 is 25.2 Å². The molecule has 0 aliphatic carbocycles. The van der Waals surface area contributed by atoms with Crippen LogP contribution >= 0.6 is 0 Å². The monoisotopic (exact) mass is 437 g/mol. The van der Waals surface area contributed by atoms with E-state index in [0.717, 1.165) is 74.5 Å². The zero-order chi connectivity index (χ0) is 22.3. The van der Waals surface area contributed by atoms with Gasteiger partial charge in [-0.05, 0) is 37.2 Å². The van der Waals surface area contributed by atoms with Gasteiger partial charge >= 0.3 is 0 Å². The summed E-state index contributed by atoms with van der Waals surface area (Å²) in [6, 6.07) is 12.8. The third-order valence-corrected chi connectivity index (χ3v) is 6.27. The second-order valence-electron chi connectivity index (χ2n) is 8.49. The third-order valence-electron chi connectivity index (χ3n) is 6.27. The summed E-state index contributed by atoms with van der Waals surface area (Å²) in [4.78, 5) is 16.2. The van der Waals surface area contributed by atoms with Gasteiger partial charge in [-0.3, -0.25) is 4.99 Å². The molecule has 2 aliphatic rings. The molecular weight excluding hydrogens is 402 g/mol. The molecule has 2 aromatic rings. The number of likely N-dealkylation sites (N-methyl/N-ethyl adjacent to an activating group) is 1. The molecule has 2 N–H and O–H groups in total. The zero-order valence-corrected chi connectivity index (χ0v) is 19.4. The van der Waals surface area contributed by atoms with Crippen molar-refractivity contribution in [1.82, 2.24) is 20.5 Å². The normalized spacial score (nSPS) is 19.8. The highest BCUT2D eigenvalue weighted by atomic mass is 16.5. The number of piperazine rings is 1. The number of nitrogens with one attached hydrogen (secondary N) is 2. The van der Waals surface area contributed by atoms with Crippen LogP contribution in [-0.2, 0) is 6.54 Å². The molecule has 2 saturated heterocycles. The summed E-state index contributed by atoms with van der Waals surface area (Å²) in [7, 11) is 5.71. The molecule has 8 heteroatoms. The lowest BCUT2D eigenvalue weighted by molar-refractivity contribution is 0.312. The van der Waals surface area contributed by atoms with Gasteiger partial charge in [-0.15, -0.1) is 0 Å². The zero-order valence-electron chi connectivity index (χ0n) is 19.4. The Hall–Kier alpha value is -3.00. The van der Waals surface area contributed by atoms with Crippen LogP contribution in [0, 0.1) is 0 Å². The molecule has 2 fully saturated rings. The van der Waals surface area contributed by atoms with Gasteiger partial charge in [0.2, 0.25) is 0 Å². The first-order valence-corrected chi connectivity index (χ1v) is 11.4. The van der Waals surface area contributed by atoms with Crippen LogP contribution in [0.2, 0.25) is 0 Å². The number of benzene rings is 1. The van der Waals surface area contributed by atoms with Crippen molar-refractivity contribution in [2.45, 2.75) is 19.0 Å². The number of anilines is 2. The number of aromatic nitrogens is 1. The Kier molecular flexibility index (Phi) is 7.32. The van der Waals surface area contributed by atoms with Crippen molar-refractivity contribution in [2.24, 2.45) is 4.99 Å². The van der Waals surface area contributed by atoms with E-state index in [1.165, 1.54) is 0 Å². The van der Waals surface area contributed by atoms with Gasteiger partial charge in [0.05, 0.1) is 12.8 Å². The Labute approximate surface area is 191 Å². The number of nitrogens with zero attached hydrogens (tertiary/aromatic N) is 5. The highest BCUT2D eigenvalue weighted by Crippen LogP contribution is 2.30. The van der Waals surface area contributed by atoms with Gasteiger partial charge in [0.15, 0.2) is 5.96 Å². The molecular formula is C24H35N7O. The topological polar surface area (TPSA) is 68.3 Å². The van der Waals surface area contributed by atoms with E-state index in [-0.39, 0.29) is 0 Å². The van der Waals surface area contributed by atoms with E-state index in [1.54, 1.807) is 7.11 Å². The van der Waals surface area contributed by atoms with E-state index in [1.807, 2.05) is 25.4 Å². The van der Waals surface area contributed by atoms with Gasteiger partial charge in [0.25, 0.3) is 0 Å². The maximum atomic E-state index is 5.53. The number of rotatable bonds is 6. The summed E-state index contributed by atoms with van der Waals surface area (Å²) < 4.78 is 5.53. The summed E-state index contributed by atoms with van der Waals surface area (Å²) in [5.41, 5.74) is 2.29. The number of ether oxygens (including phenoxy) is 1. The smallest absolute Gasteiger partial charge is 0.191 e. The summed E-state index contributed by atoms with van der Waals surface area (Å²) >= 11 is 0. The molecule has 1 unspecified atom stereocenters. The molecule has 0 amide bonds. The van der Waals surface area contributed by atoms with Crippen molar-refractivity contribution in [3.05, 3.63) is 48.2 Å². The number of aliphatic imine (C=N–C) groups is 1. The fourth-order valence-electron chi connectivity index (χ4n) is 4.31. The minimum atomic E-state index is 0.337. The number of pyridine rings is 1. The lowest BCUT2D eigenvalue weighted by atomic mass is 10.2. The van der Waals surface area contributed by atoms with Crippen LogP contribution in [0.1, 0.15) is 12.0 Å². The van der Waals surface area contributed by atoms with Crippen molar-refractivity contribution < 1.29 is 4.74 Å². The molecule has 8 nitrogen and oxygen atoms in total. The van der Waals surface area contributed by atoms with Crippen LogP contribution in [0.15, 0.2) is 47.6 Å². The van der Waals surface area contributed by atoms with Crippen molar-refractivity contribution in [2.75, 3.05) is 70.3 Å². The van der Waals surface area contributed by atoms with Gasteiger partial charge in [-0.25, -0.2) is 4.98 Å². The van der Waals surface area contributed by atoms with E-state index in [0.29, 0.717) is 12.6 Å². The predicted molar refractivity (Wildman–Crippen MR) is 131 cm³/mol. The molecule has 172 valence electrons. The van der Waals surface area contributed by atoms with Crippen LogP contribution in [-0.4, -0.2) is 82.4 Å². The second kappa shape index (κ2) is 10.5. The number of hydrogen-bond donors (Lipinski definition) is 2. The van der Waals surface area contributed by atoms with Crippen LogP contribution in [0.3, 0.4) is 0 Å². The molecule has 1 atom stereocenters. The fraction of sp³-hybridized carbons (Fsp3) is 0.500. The van der Waals surface area contributed by atoms with E-state index >= 15 is 0 Å². The third kappa shape index (κ3) is 5.43. The summed E-state index contributed by atoms with van der Waals surface area (Å²) in [6.07, 6.45) is 3.02. The first kappa shape index (κ1) is 22.2. The van der Waals surface area contributed by atoms with Gasteiger partial charge in [-0.1, -0.05) is 18.2 Å².